The smallest absolute Gasteiger partial charge is 0.159 e. The highest BCUT2D eigenvalue weighted by atomic mass is 16.3. The van der Waals surface area contributed by atoms with Crippen molar-refractivity contribution in [2.75, 3.05) is 0 Å². The number of hydrogen-bond acceptors (Lipinski definition) is 8. The van der Waals surface area contributed by atoms with Gasteiger partial charge >= 0.3 is 0 Å². The van der Waals surface area contributed by atoms with Crippen LogP contribution in [0.3, 0.4) is 0 Å². The first-order chi connectivity index (χ1) is 58.1. The Kier molecular flexibility index (Phi) is 15.5. The van der Waals surface area contributed by atoms with Gasteiger partial charge in [-0.05, 0) is 196 Å². The standard InChI is InChI=1S/C41H28O.C38H26N2O.C31H23N3O/c1-2-41(27-14-4-3-5-15-27)36-21-12-20-32(35-25-26-13-6-7-16-28(26)29-17-8-9-18-30(29)35)38(36)34-24-23-33-31-19-10-11-22-37(31)42-40(33)39(34)41;1-3-38(2)31-18-16-22(20-29(31)26-17-19-33-34(35(26)38)28-14-8-9-15-32(28)41-33)37-39-21-30-25-12-5-4-10-23(25)24-11-6-7-13-27(24)36(30)40-37;1-3-31(2)25-14-11-19(30-33-17-20(18-34-30)26-9-6-7-15-32-26)16-24(25)22-12-13-23-21-8-4-5-10-27(21)35-29(23)28(22)31/h3-25H,2H2,1H3;4-21H,3H2,1-2H3;4-18H,3H2,1-2H3. The van der Waals surface area contributed by atoms with Crippen molar-refractivity contribution in [2.45, 2.75) is 70.1 Å². The highest BCUT2D eigenvalue weighted by Crippen LogP contribution is 2.62. The Balaban J connectivity index is 0.000000104. The van der Waals surface area contributed by atoms with Crippen LogP contribution in [0.4, 0.5) is 0 Å². The molecule has 6 heterocycles. The van der Waals surface area contributed by atoms with Gasteiger partial charge in [-0.25, -0.2) is 19.9 Å². The Hall–Kier alpha value is -14.5. The molecule has 25 rings (SSSR count). The summed E-state index contributed by atoms with van der Waals surface area (Å²) in [6.45, 7) is 11.6. The van der Waals surface area contributed by atoms with Crippen LogP contribution >= 0.6 is 0 Å². The summed E-state index contributed by atoms with van der Waals surface area (Å²) in [6.07, 6.45) is 10.4. The van der Waals surface area contributed by atoms with E-state index in [1.807, 2.05) is 48.9 Å². The molecular formula is C110H77N5O3. The lowest BCUT2D eigenvalue weighted by Gasteiger charge is -2.32. The number of aromatic nitrogens is 5. The predicted octanol–water partition coefficient (Wildman–Crippen LogP) is 29.3. The van der Waals surface area contributed by atoms with Crippen LogP contribution in [0.1, 0.15) is 92.8 Å². The van der Waals surface area contributed by atoms with Gasteiger partial charge in [-0.15, -0.1) is 0 Å². The van der Waals surface area contributed by atoms with E-state index in [4.69, 9.17) is 23.2 Å². The van der Waals surface area contributed by atoms with Crippen LogP contribution in [0.2, 0.25) is 0 Å². The van der Waals surface area contributed by atoms with Crippen molar-refractivity contribution >= 4 is 120 Å². The number of fused-ring (bicyclic) bond motifs is 30. The van der Waals surface area contributed by atoms with Crippen molar-refractivity contribution in [1.82, 2.24) is 24.9 Å². The Morgan fingerprint density at radius 1 is 0.288 bits per heavy atom. The van der Waals surface area contributed by atoms with E-state index in [1.54, 1.807) is 6.20 Å². The van der Waals surface area contributed by atoms with Crippen molar-refractivity contribution in [3.8, 4) is 78.5 Å². The quantitative estimate of drug-likeness (QED) is 0.139. The molecule has 16 aromatic carbocycles. The summed E-state index contributed by atoms with van der Waals surface area (Å²) in [5.74, 6) is 1.46. The summed E-state index contributed by atoms with van der Waals surface area (Å²) in [5, 5.41) is 18.1. The van der Waals surface area contributed by atoms with Gasteiger partial charge in [-0.2, -0.15) is 0 Å². The van der Waals surface area contributed by atoms with Gasteiger partial charge in [0.2, 0.25) is 0 Å². The Morgan fingerprint density at radius 2 is 0.805 bits per heavy atom. The van der Waals surface area contributed by atoms with Crippen molar-refractivity contribution in [1.29, 1.82) is 0 Å². The molecule has 0 aliphatic heterocycles. The lowest BCUT2D eigenvalue weighted by atomic mass is 9.70. The van der Waals surface area contributed by atoms with Crippen molar-refractivity contribution in [3.63, 3.8) is 0 Å². The Labute approximate surface area is 681 Å². The molecule has 8 nitrogen and oxygen atoms in total. The van der Waals surface area contributed by atoms with E-state index in [0.717, 1.165) is 97.3 Å². The summed E-state index contributed by atoms with van der Waals surface area (Å²) >= 11 is 0. The Morgan fingerprint density at radius 3 is 1.46 bits per heavy atom. The third-order valence-corrected chi connectivity index (χ3v) is 26.6. The van der Waals surface area contributed by atoms with Gasteiger partial charge in [0.15, 0.2) is 11.6 Å². The molecule has 3 aliphatic carbocycles. The third kappa shape index (κ3) is 10.0. The minimum atomic E-state index is -0.331. The van der Waals surface area contributed by atoms with E-state index >= 15 is 0 Å². The van der Waals surface area contributed by atoms with E-state index in [-0.39, 0.29) is 16.2 Å². The molecule has 0 saturated carbocycles. The highest BCUT2D eigenvalue weighted by Gasteiger charge is 2.48. The molecule has 0 saturated heterocycles. The fraction of sp³-hybridized carbons (Fsp3) is 0.100. The molecule has 0 bridgehead atoms. The molecule has 3 aliphatic rings. The van der Waals surface area contributed by atoms with Gasteiger partial charge in [-0.1, -0.05) is 283 Å². The second-order valence-electron chi connectivity index (χ2n) is 32.4. The molecule has 118 heavy (non-hydrogen) atoms. The second kappa shape index (κ2) is 26.5. The van der Waals surface area contributed by atoms with E-state index in [1.165, 1.54) is 153 Å². The SMILES string of the molecule is CCC1(C)c2ccc(-c3ncc(-c4ccccn4)cn3)cc2-c2ccc3c(oc4ccccc43)c21.CCC1(C)c2ccc(-c3ncc4c5ccccc5c5ccccc5c4n3)cc2-c2ccc3oc4ccccc4c3c21.CCC1(c2ccccc2)c2cccc(-c3cc4ccccc4c4ccccc34)c2-c2ccc3c(oc4ccccc43)c21. The van der Waals surface area contributed by atoms with Gasteiger partial charge in [0.05, 0.1) is 11.2 Å². The minimum Gasteiger partial charge on any atom is -0.456 e. The molecule has 3 atom stereocenters. The maximum absolute atomic E-state index is 6.78. The number of pyridine rings is 1. The summed E-state index contributed by atoms with van der Waals surface area (Å²) in [5.41, 5.74) is 29.5. The largest absolute Gasteiger partial charge is 0.456 e. The van der Waals surface area contributed by atoms with Crippen LogP contribution in [0.5, 0.6) is 0 Å². The average molecular weight is 1520 g/mol. The molecule has 0 amide bonds. The zero-order valence-corrected chi connectivity index (χ0v) is 65.9. The van der Waals surface area contributed by atoms with Gasteiger partial charge in [0, 0.05) is 112 Å². The molecule has 22 aromatic rings. The molecule has 8 heteroatoms. The van der Waals surface area contributed by atoms with E-state index in [0.29, 0.717) is 5.82 Å². The van der Waals surface area contributed by atoms with E-state index in [9.17, 15) is 0 Å². The number of rotatable bonds is 8. The number of benzene rings is 16. The number of hydrogen-bond donors (Lipinski definition) is 0. The number of para-hydroxylation sites is 3. The first kappa shape index (κ1) is 69.1. The topological polar surface area (TPSA) is 104 Å². The van der Waals surface area contributed by atoms with Crippen molar-refractivity contribution in [2.24, 2.45) is 0 Å². The van der Waals surface area contributed by atoms with Gasteiger partial charge < -0.3 is 13.3 Å². The normalized spacial score (nSPS) is 16.2. The van der Waals surface area contributed by atoms with Crippen LogP contribution in [0.15, 0.2) is 353 Å². The van der Waals surface area contributed by atoms with Crippen LogP contribution in [-0.2, 0) is 16.2 Å². The molecule has 560 valence electrons. The number of nitrogens with zero attached hydrogens (tertiary/aromatic N) is 5. The molecule has 0 spiro atoms. The summed E-state index contributed by atoms with van der Waals surface area (Å²) in [4.78, 5) is 23.9. The molecule has 0 fully saturated rings. The van der Waals surface area contributed by atoms with Gasteiger partial charge in [0.25, 0.3) is 0 Å². The van der Waals surface area contributed by atoms with Gasteiger partial charge in [0.1, 0.15) is 33.5 Å². The summed E-state index contributed by atoms with van der Waals surface area (Å²) in [7, 11) is 0. The first-order valence-corrected chi connectivity index (χ1v) is 41.2. The third-order valence-electron chi connectivity index (χ3n) is 26.6. The van der Waals surface area contributed by atoms with Crippen molar-refractivity contribution < 1.29 is 13.3 Å². The second-order valence-corrected chi connectivity index (χ2v) is 32.4. The fourth-order valence-electron chi connectivity index (χ4n) is 20.7. The maximum atomic E-state index is 6.78. The van der Waals surface area contributed by atoms with Crippen LogP contribution < -0.4 is 0 Å². The Bertz CT molecular complexity index is 7900. The summed E-state index contributed by atoms with van der Waals surface area (Å²) in [6, 6.07) is 113. The zero-order chi connectivity index (χ0) is 78.7. The first-order valence-electron chi connectivity index (χ1n) is 41.2. The van der Waals surface area contributed by atoms with Crippen LogP contribution in [0.25, 0.3) is 198 Å². The monoisotopic (exact) mass is 1520 g/mol. The number of furan rings is 3. The maximum Gasteiger partial charge on any atom is 0.159 e. The fourth-order valence-corrected chi connectivity index (χ4v) is 20.7. The average Bonchev–Trinajstić information content (AvgIpc) is 1.54. The molecule has 0 radical (unpaired) electrons. The van der Waals surface area contributed by atoms with Gasteiger partial charge in [-0.3, -0.25) is 4.98 Å². The van der Waals surface area contributed by atoms with E-state index < -0.39 is 0 Å². The lowest BCUT2D eigenvalue weighted by molar-refractivity contribution is 0.553. The molecule has 6 aromatic heterocycles. The molecular weight excluding hydrogens is 1440 g/mol. The molecule has 0 N–H and O–H groups in total. The lowest BCUT2D eigenvalue weighted by Crippen LogP contribution is -2.26. The summed E-state index contributed by atoms with van der Waals surface area (Å²) < 4.78 is 19.5. The predicted molar refractivity (Wildman–Crippen MR) is 486 cm³/mol. The highest BCUT2D eigenvalue weighted by molar-refractivity contribution is 6.24. The van der Waals surface area contributed by atoms with Crippen molar-refractivity contribution in [3.05, 3.63) is 379 Å². The zero-order valence-electron chi connectivity index (χ0n) is 65.9. The van der Waals surface area contributed by atoms with Crippen LogP contribution in [0, 0.1) is 0 Å². The van der Waals surface area contributed by atoms with E-state index in [2.05, 4.69) is 335 Å². The minimum absolute atomic E-state index is 0.116. The van der Waals surface area contributed by atoms with Crippen LogP contribution in [-0.4, -0.2) is 24.9 Å². The molecule has 3 unspecified atom stereocenters.